The molecule has 10 heteroatoms. The van der Waals surface area contributed by atoms with Crippen molar-refractivity contribution in [2.45, 2.75) is 26.3 Å². The molecule has 10 nitrogen and oxygen atoms in total. The van der Waals surface area contributed by atoms with Crippen molar-refractivity contribution in [2.24, 2.45) is 5.92 Å². The van der Waals surface area contributed by atoms with Gasteiger partial charge in [0.2, 0.25) is 5.91 Å². The number of carbonyl (C=O) groups is 5. The summed E-state index contributed by atoms with van der Waals surface area (Å²) in [4.78, 5) is 65.7. The second-order valence-corrected chi connectivity index (χ2v) is 8.49. The van der Waals surface area contributed by atoms with E-state index < -0.39 is 48.2 Å². The van der Waals surface area contributed by atoms with Gasteiger partial charge in [0.15, 0.2) is 6.61 Å². The number of amides is 4. The Balaban J connectivity index is 1.60. The molecular formula is C26H29N3O7. The van der Waals surface area contributed by atoms with Crippen LogP contribution in [-0.4, -0.2) is 72.7 Å². The number of hydrogen-bond donors (Lipinski definition) is 1. The first kappa shape index (κ1) is 26.4. The molecule has 0 fully saturated rings. The van der Waals surface area contributed by atoms with Crippen LogP contribution in [0.2, 0.25) is 0 Å². The van der Waals surface area contributed by atoms with Gasteiger partial charge in [0.1, 0.15) is 11.8 Å². The average molecular weight is 496 g/mol. The largest absolute Gasteiger partial charge is 0.497 e. The topological polar surface area (TPSA) is 122 Å². The fourth-order valence-electron chi connectivity index (χ4n) is 3.81. The number of ether oxygens (including phenoxy) is 2. The van der Waals surface area contributed by atoms with Gasteiger partial charge in [-0.3, -0.25) is 24.1 Å². The van der Waals surface area contributed by atoms with Crippen LogP contribution in [0.25, 0.3) is 0 Å². The maximum atomic E-state index is 13.0. The highest BCUT2D eigenvalue weighted by Gasteiger charge is 2.45. The zero-order valence-electron chi connectivity index (χ0n) is 20.6. The lowest BCUT2D eigenvalue weighted by atomic mass is 9.97. The summed E-state index contributed by atoms with van der Waals surface area (Å²) in [6, 6.07) is 11.9. The lowest BCUT2D eigenvalue weighted by Gasteiger charge is -2.29. The van der Waals surface area contributed by atoms with Gasteiger partial charge >= 0.3 is 5.97 Å². The van der Waals surface area contributed by atoms with E-state index in [-0.39, 0.29) is 17.7 Å². The maximum absolute atomic E-state index is 13.0. The second-order valence-electron chi connectivity index (χ2n) is 8.49. The third-order valence-electron chi connectivity index (χ3n) is 6.03. The van der Waals surface area contributed by atoms with E-state index in [0.29, 0.717) is 17.9 Å². The van der Waals surface area contributed by atoms with E-state index >= 15 is 0 Å². The SMILES string of the molecule is CC[C@H](C)[C@@H](C(=O)OCC(=O)N(C)CC(=O)Nc1cccc(OC)c1)N1C(=O)c2ccccc2C1=O. The van der Waals surface area contributed by atoms with E-state index in [9.17, 15) is 24.0 Å². The van der Waals surface area contributed by atoms with E-state index in [4.69, 9.17) is 9.47 Å². The summed E-state index contributed by atoms with van der Waals surface area (Å²) in [5.41, 5.74) is 0.951. The van der Waals surface area contributed by atoms with Crippen molar-refractivity contribution in [1.29, 1.82) is 0 Å². The van der Waals surface area contributed by atoms with Crippen LogP contribution in [0.5, 0.6) is 5.75 Å². The van der Waals surface area contributed by atoms with Gasteiger partial charge in [0.05, 0.1) is 24.8 Å². The molecule has 1 heterocycles. The quantitative estimate of drug-likeness (QED) is 0.397. The minimum absolute atomic E-state index is 0.224. The van der Waals surface area contributed by atoms with Crippen molar-refractivity contribution < 1.29 is 33.4 Å². The maximum Gasteiger partial charge on any atom is 0.330 e. The van der Waals surface area contributed by atoms with Gasteiger partial charge in [-0.15, -0.1) is 0 Å². The molecule has 0 saturated heterocycles. The molecule has 0 unspecified atom stereocenters. The zero-order chi connectivity index (χ0) is 26.4. The molecule has 4 amide bonds. The second kappa shape index (κ2) is 11.5. The van der Waals surface area contributed by atoms with E-state index in [2.05, 4.69) is 5.32 Å². The van der Waals surface area contributed by atoms with Gasteiger partial charge in [0.25, 0.3) is 17.7 Å². The Kier molecular flexibility index (Phi) is 8.42. The van der Waals surface area contributed by atoms with Crippen LogP contribution in [0, 0.1) is 5.92 Å². The van der Waals surface area contributed by atoms with Gasteiger partial charge in [-0.1, -0.05) is 38.5 Å². The summed E-state index contributed by atoms with van der Waals surface area (Å²) < 4.78 is 10.3. The molecule has 190 valence electrons. The van der Waals surface area contributed by atoms with Crippen LogP contribution in [0.1, 0.15) is 41.0 Å². The summed E-state index contributed by atoms with van der Waals surface area (Å²) >= 11 is 0. The van der Waals surface area contributed by atoms with Crippen LogP contribution < -0.4 is 10.1 Å². The third-order valence-corrected chi connectivity index (χ3v) is 6.03. The average Bonchev–Trinajstić information content (AvgIpc) is 3.12. The first-order chi connectivity index (χ1) is 17.2. The highest BCUT2D eigenvalue weighted by Crippen LogP contribution is 2.28. The molecular weight excluding hydrogens is 466 g/mol. The predicted molar refractivity (Wildman–Crippen MR) is 130 cm³/mol. The number of carbonyl (C=O) groups excluding carboxylic acids is 5. The number of nitrogens with one attached hydrogen (secondary N) is 1. The van der Waals surface area contributed by atoms with Crippen molar-refractivity contribution in [1.82, 2.24) is 9.80 Å². The Labute approximate surface area is 209 Å². The molecule has 1 aliphatic heterocycles. The molecule has 0 spiro atoms. The molecule has 0 aromatic heterocycles. The first-order valence-corrected chi connectivity index (χ1v) is 11.5. The molecule has 1 aliphatic rings. The molecule has 2 atom stereocenters. The Bertz CT molecular complexity index is 1140. The van der Waals surface area contributed by atoms with E-state index in [1.54, 1.807) is 43.3 Å². The zero-order valence-corrected chi connectivity index (χ0v) is 20.6. The van der Waals surface area contributed by atoms with Crippen molar-refractivity contribution in [3.8, 4) is 5.75 Å². The normalized spacial score (nSPS) is 14.1. The number of esters is 1. The fourth-order valence-corrected chi connectivity index (χ4v) is 3.81. The number of imide groups is 1. The van der Waals surface area contributed by atoms with Gasteiger partial charge in [-0.25, -0.2) is 4.79 Å². The highest BCUT2D eigenvalue weighted by atomic mass is 16.5. The van der Waals surface area contributed by atoms with Gasteiger partial charge in [0, 0.05) is 18.8 Å². The summed E-state index contributed by atoms with van der Waals surface area (Å²) in [5.74, 6) is -2.91. The minimum Gasteiger partial charge on any atom is -0.497 e. The summed E-state index contributed by atoms with van der Waals surface area (Å²) in [7, 11) is 2.91. The van der Waals surface area contributed by atoms with Crippen molar-refractivity contribution in [3.05, 3.63) is 59.7 Å². The number of anilines is 1. The molecule has 2 aromatic carbocycles. The van der Waals surface area contributed by atoms with E-state index in [1.807, 2.05) is 6.92 Å². The fraction of sp³-hybridized carbons (Fsp3) is 0.346. The smallest absolute Gasteiger partial charge is 0.330 e. The number of nitrogens with zero attached hydrogens (tertiary/aromatic N) is 2. The Morgan fingerprint density at radius 2 is 1.67 bits per heavy atom. The summed E-state index contributed by atoms with van der Waals surface area (Å²) in [6.45, 7) is 2.63. The number of methoxy groups -OCH3 is 1. The molecule has 3 rings (SSSR count). The molecule has 0 bridgehead atoms. The van der Waals surface area contributed by atoms with Crippen molar-refractivity contribution in [2.75, 3.05) is 32.6 Å². The number of likely N-dealkylation sites (N-methyl/N-ethyl adjacent to an activating group) is 1. The van der Waals surface area contributed by atoms with Gasteiger partial charge in [-0.05, 0) is 30.2 Å². The van der Waals surface area contributed by atoms with E-state index in [1.165, 1.54) is 26.3 Å². The molecule has 0 saturated carbocycles. The molecule has 0 aliphatic carbocycles. The Hall–Kier alpha value is -4.21. The predicted octanol–water partition coefficient (Wildman–Crippen LogP) is 2.35. The highest BCUT2D eigenvalue weighted by molar-refractivity contribution is 6.22. The first-order valence-electron chi connectivity index (χ1n) is 11.5. The van der Waals surface area contributed by atoms with Gasteiger partial charge in [-0.2, -0.15) is 0 Å². The standard InChI is InChI=1S/C26H29N3O7/c1-5-16(2)23(29-24(32)19-11-6-7-12-20(19)25(29)33)26(34)36-15-22(31)28(3)14-21(30)27-17-9-8-10-18(13-17)35-4/h6-13,16,23H,5,14-15H2,1-4H3,(H,27,30)/t16-,23-/m0/s1. The lowest BCUT2D eigenvalue weighted by Crippen LogP contribution is -2.50. The van der Waals surface area contributed by atoms with Crippen molar-refractivity contribution >= 4 is 35.3 Å². The molecule has 0 radical (unpaired) electrons. The monoisotopic (exact) mass is 495 g/mol. The Morgan fingerprint density at radius 1 is 1.03 bits per heavy atom. The van der Waals surface area contributed by atoms with Crippen LogP contribution in [0.15, 0.2) is 48.5 Å². The van der Waals surface area contributed by atoms with Crippen LogP contribution in [-0.2, 0) is 19.1 Å². The summed E-state index contributed by atoms with van der Waals surface area (Å²) in [6.07, 6.45) is 0.492. The number of fused-ring (bicyclic) bond motifs is 1. The molecule has 36 heavy (non-hydrogen) atoms. The van der Waals surface area contributed by atoms with Gasteiger partial charge < -0.3 is 19.7 Å². The lowest BCUT2D eigenvalue weighted by molar-refractivity contribution is -0.156. The van der Waals surface area contributed by atoms with Crippen molar-refractivity contribution in [3.63, 3.8) is 0 Å². The molecule has 1 N–H and O–H groups in total. The molecule has 2 aromatic rings. The number of benzene rings is 2. The number of rotatable bonds is 10. The Morgan fingerprint density at radius 3 is 2.25 bits per heavy atom. The minimum atomic E-state index is -1.18. The summed E-state index contributed by atoms with van der Waals surface area (Å²) in [5, 5.41) is 2.66. The van der Waals surface area contributed by atoms with Crippen LogP contribution in [0.3, 0.4) is 0 Å². The number of hydrogen-bond acceptors (Lipinski definition) is 7. The third kappa shape index (κ3) is 5.70. The van der Waals surface area contributed by atoms with Crippen LogP contribution >= 0.6 is 0 Å². The van der Waals surface area contributed by atoms with Crippen LogP contribution in [0.4, 0.5) is 5.69 Å². The van der Waals surface area contributed by atoms with E-state index in [0.717, 1.165) is 9.80 Å².